The average molecular weight is 225 g/mol. The predicted molar refractivity (Wildman–Crippen MR) is 54.7 cm³/mol. The molecule has 5 heteroatoms. The lowest BCUT2D eigenvalue weighted by Crippen LogP contribution is -2.46. The first-order chi connectivity index (χ1) is 7.50. The van der Waals surface area contributed by atoms with Gasteiger partial charge in [-0.2, -0.15) is 0 Å². The molecule has 0 unspecified atom stereocenters. The molecule has 1 saturated carbocycles. The molecule has 1 amide bonds. The van der Waals surface area contributed by atoms with Gasteiger partial charge < -0.3 is 10.0 Å². The zero-order valence-electron chi connectivity index (χ0n) is 9.18. The van der Waals surface area contributed by atoms with Crippen LogP contribution in [0, 0.1) is 5.92 Å². The molecule has 1 heterocycles. The van der Waals surface area contributed by atoms with E-state index in [1.165, 1.54) is 11.8 Å². The lowest BCUT2D eigenvalue weighted by Gasteiger charge is -2.31. The predicted octanol–water partition coefficient (Wildman–Crippen LogP) is 0.430. The lowest BCUT2D eigenvalue weighted by atomic mass is 9.84. The minimum absolute atomic E-state index is 0.138. The number of ketones is 1. The highest BCUT2D eigenvalue weighted by atomic mass is 16.4. The smallest absolute Gasteiger partial charge is 0.326 e. The summed E-state index contributed by atoms with van der Waals surface area (Å²) in [6.45, 7) is 1.37. The minimum Gasteiger partial charge on any atom is -0.480 e. The zero-order valence-corrected chi connectivity index (χ0v) is 9.18. The number of rotatable bonds is 1. The van der Waals surface area contributed by atoms with Crippen molar-refractivity contribution in [3.05, 3.63) is 0 Å². The number of carbonyl (C=O) groups is 3. The molecule has 0 radical (unpaired) electrons. The Morgan fingerprint density at radius 3 is 2.69 bits per heavy atom. The van der Waals surface area contributed by atoms with Gasteiger partial charge in [-0.1, -0.05) is 0 Å². The Morgan fingerprint density at radius 2 is 2.12 bits per heavy atom. The van der Waals surface area contributed by atoms with Crippen LogP contribution in [0.25, 0.3) is 0 Å². The highest BCUT2D eigenvalue weighted by Gasteiger charge is 2.47. The van der Waals surface area contributed by atoms with Crippen LogP contribution in [0.1, 0.15) is 32.6 Å². The van der Waals surface area contributed by atoms with Gasteiger partial charge in [-0.15, -0.1) is 0 Å². The van der Waals surface area contributed by atoms with Crippen molar-refractivity contribution < 1.29 is 19.5 Å². The summed E-state index contributed by atoms with van der Waals surface area (Å²) in [5.74, 6) is -0.882. The quantitative estimate of drug-likeness (QED) is 0.702. The second-order valence-corrected chi connectivity index (χ2v) is 4.62. The Labute approximate surface area is 93.4 Å². The molecule has 0 aromatic carbocycles. The number of Topliss-reactive ketones (excluding diaryl/α,β-unsaturated/α-hetero) is 1. The van der Waals surface area contributed by atoms with Crippen molar-refractivity contribution in [2.45, 2.75) is 44.7 Å². The number of nitrogens with zero attached hydrogens (tertiary/aromatic N) is 1. The fourth-order valence-electron chi connectivity index (χ4n) is 2.95. The molecular weight excluding hydrogens is 210 g/mol. The summed E-state index contributed by atoms with van der Waals surface area (Å²) >= 11 is 0. The minimum atomic E-state index is -0.961. The number of carbonyl (C=O) groups excluding carboxylic acids is 2. The maximum atomic E-state index is 11.5. The van der Waals surface area contributed by atoms with Crippen molar-refractivity contribution >= 4 is 17.7 Å². The molecule has 0 aromatic heterocycles. The summed E-state index contributed by atoms with van der Waals surface area (Å²) in [5, 5.41) is 9.07. The Morgan fingerprint density at radius 1 is 1.44 bits per heavy atom. The molecule has 5 nitrogen and oxygen atoms in total. The van der Waals surface area contributed by atoms with E-state index in [2.05, 4.69) is 0 Å². The standard InChI is InChI=1S/C11H15NO4/c1-6(13)12-9-5-8(14)3-2-7(9)4-10(12)11(15)16/h7,9-10H,2-5H2,1H3,(H,15,16)/t7-,9-,10-/m0/s1. The van der Waals surface area contributed by atoms with Crippen molar-refractivity contribution in [3.63, 3.8) is 0 Å². The van der Waals surface area contributed by atoms with E-state index in [9.17, 15) is 14.4 Å². The first kappa shape index (κ1) is 11.1. The highest BCUT2D eigenvalue weighted by molar-refractivity contribution is 5.86. The van der Waals surface area contributed by atoms with E-state index < -0.39 is 12.0 Å². The molecule has 1 N–H and O–H groups in total. The topological polar surface area (TPSA) is 74.7 Å². The van der Waals surface area contributed by atoms with Gasteiger partial charge in [0.15, 0.2) is 0 Å². The van der Waals surface area contributed by atoms with E-state index in [0.29, 0.717) is 19.3 Å². The summed E-state index contributed by atoms with van der Waals surface area (Å²) < 4.78 is 0. The number of aliphatic carboxylic acids is 1. The van der Waals surface area contributed by atoms with Crippen LogP contribution in [0.5, 0.6) is 0 Å². The van der Waals surface area contributed by atoms with Crippen molar-refractivity contribution in [3.8, 4) is 0 Å². The van der Waals surface area contributed by atoms with E-state index in [0.717, 1.165) is 6.42 Å². The Hall–Kier alpha value is -1.39. The van der Waals surface area contributed by atoms with Crippen LogP contribution in [0.15, 0.2) is 0 Å². The van der Waals surface area contributed by atoms with E-state index >= 15 is 0 Å². The number of carboxylic acids is 1. The van der Waals surface area contributed by atoms with E-state index in [4.69, 9.17) is 5.11 Å². The summed E-state index contributed by atoms with van der Waals surface area (Å²) in [5.41, 5.74) is 0. The normalized spacial score (nSPS) is 33.7. The number of hydrogen-bond acceptors (Lipinski definition) is 3. The zero-order chi connectivity index (χ0) is 11.9. The molecule has 1 aliphatic carbocycles. The summed E-state index contributed by atoms with van der Waals surface area (Å²) in [6.07, 6.45) is 2.07. The van der Waals surface area contributed by atoms with Gasteiger partial charge in [0, 0.05) is 25.8 Å². The fraction of sp³-hybridized carbons (Fsp3) is 0.727. The van der Waals surface area contributed by atoms with Gasteiger partial charge in [-0.05, 0) is 18.8 Å². The fourth-order valence-corrected chi connectivity index (χ4v) is 2.95. The third-order valence-corrected chi connectivity index (χ3v) is 3.64. The number of likely N-dealkylation sites (tertiary alicyclic amines) is 1. The van der Waals surface area contributed by atoms with Gasteiger partial charge in [0.05, 0.1) is 0 Å². The first-order valence-electron chi connectivity index (χ1n) is 5.54. The monoisotopic (exact) mass is 225 g/mol. The molecule has 0 spiro atoms. The lowest BCUT2D eigenvalue weighted by molar-refractivity contribution is -0.149. The Balaban J connectivity index is 2.25. The van der Waals surface area contributed by atoms with E-state index in [1.807, 2.05) is 0 Å². The molecule has 2 fully saturated rings. The van der Waals surface area contributed by atoms with Gasteiger partial charge in [-0.3, -0.25) is 9.59 Å². The number of amides is 1. The molecule has 1 saturated heterocycles. The van der Waals surface area contributed by atoms with Crippen LogP contribution in [-0.2, 0) is 14.4 Å². The van der Waals surface area contributed by atoms with Gasteiger partial charge in [0.25, 0.3) is 0 Å². The van der Waals surface area contributed by atoms with Crippen molar-refractivity contribution in [1.29, 1.82) is 0 Å². The highest BCUT2D eigenvalue weighted by Crippen LogP contribution is 2.38. The number of carboxylic acid groups (broad SMARTS) is 1. The molecule has 16 heavy (non-hydrogen) atoms. The maximum absolute atomic E-state index is 11.5. The second kappa shape index (κ2) is 3.88. The molecule has 88 valence electrons. The van der Waals surface area contributed by atoms with E-state index in [-0.39, 0.29) is 23.7 Å². The van der Waals surface area contributed by atoms with Gasteiger partial charge in [-0.25, -0.2) is 4.79 Å². The van der Waals surface area contributed by atoms with Crippen LogP contribution in [0.3, 0.4) is 0 Å². The van der Waals surface area contributed by atoms with Gasteiger partial charge in [0.2, 0.25) is 5.91 Å². The summed E-state index contributed by atoms with van der Waals surface area (Å²) in [7, 11) is 0. The van der Waals surface area contributed by atoms with Gasteiger partial charge in [0.1, 0.15) is 11.8 Å². The molecule has 0 bridgehead atoms. The largest absolute Gasteiger partial charge is 0.480 e. The van der Waals surface area contributed by atoms with Crippen molar-refractivity contribution in [2.75, 3.05) is 0 Å². The summed E-state index contributed by atoms with van der Waals surface area (Å²) in [6, 6.07) is -0.918. The summed E-state index contributed by atoms with van der Waals surface area (Å²) in [4.78, 5) is 35.3. The van der Waals surface area contributed by atoms with Crippen LogP contribution in [0.2, 0.25) is 0 Å². The van der Waals surface area contributed by atoms with Crippen LogP contribution >= 0.6 is 0 Å². The number of hydrogen-bond donors (Lipinski definition) is 1. The first-order valence-corrected chi connectivity index (χ1v) is 5.54. The average Bonchev–Trinajstić information content (AvgIpc) is 2.55. The Bertz CT molecular complexity index is 352. The molecule has 3 atom stereocenters. The Kier molecular flexibility index (Phi) is 2.69. The van der Waals surface area contributed by atoms with Crippen molar-refractivity contribution in [1.82, 2.24) is 4.90 Å². The number of fused-ring (bicyclic) bond motifs is 1. The third kappa shape index (κ3) is 1.70. The molecule has 1 aliphatic heterocycles. The molecule has 0 aromatic rings. The molecular formula is C11H15NO4. The van der Waals surface area contributed by atoms with Crippen LogP contribution < -0.4 is 0 Å². The maximum Gasteiger partial charge on any atom is 0.326 e. The van der Waals surface area contributed by atoms with Crippen LogP contribution in [0.4, 0.5) is 0 Å². The van der Waals surface area contributed by atoms with Crippen molar-refractivity contribution in [2.24, 2.45) is 5.92 Å². The second-order valence-electron chi connectivity index (χ2n) is 4.62. The third-order valence-electron chi connectivity index (χ3n) is 3.64. The SMILES string of the molecule is CC(=O)N1[C@H](C(=O)O)C[C@@H]2CCC(=O)C[C@@H]21. The van der Waals surface area contributed by atoms with E-state index in [1.54, 1.807) is 0 Å². The van der Waals surface area contributed by atoms with Gasteiger partial charge >= 0.3 is 5.97 Å². The van der Waals surface area contributed by atoms with Crippen LogP contribution in [-0.4, -0.2) is 39.7 Å². The molecule has 2 aliphatic rings. The molecule has 2 rings (SSSR count).